The summed E-state index contributed by atoms with van der Waals surface area (Å²) in [7, 11) is 0. The highest BCUT2D eigenvalue weighted by Crippen LogP contribution is 2.40. The van der Waals surface area contributed by atoms with Gasteiger partial charge in [0.15, 0.2) is 5.84 Å². The Hall–Kier alpha value is -6.82. The van der Waals surface area contributed by atoms with Crippen LogP contribution in [0.25, 0.3) is 75.1 Å². The summed E-state index contributed by atoms with van der Waals surface area (Å²) in [5.74, 6) is 1.51. The van der Waals surface area contributed by atoms with Gasteiger partial charge >= 0.3 is 0 Å². The van der Waals surface area contributed by atoms with Gasteiger partial charge in [0.1, 0.15) is 23.2 Å². The third kappa shape index (κ3) is 5.12. The fraction of sp³-hybridized carbons (Fsp3) is 0.0204. The summed E-state index contributed by atoms with van der Waals surface area (Å²) < 4.78 is 8.67. The predicted octanol–water partition coefficient (Wildman–Crippen LogP) is 12.9. The lowest BCUT2D eigenvalue weighted by atomic mass is 9.97. The number of hydrogen-bond donors (Lipinski definition) is 1. The van der Waals surface area contributed by atoms with Crippen LogP contribution in [0.1, 0.15) is 22.9 Å². The van der Waals surface area contributed by atoms with E-state index in [2.05, 4.69) is 163 Å². The van der Waals surface area contributed by atoms with Crippen molar-refractivity contribution in [2.24, 2.45) is 9.98 Å². The predicted molar refractivity (Wildman–Crippen MR) is 227 cm³/mol. The number of nitrogens with one attached hydrogen (secondary N) is 1. The first kappa shape index (κ1) is 30.8. The van der Waals surface area contributed by atoms with E-state index in [1.807, 2.05) is 18.2 Å². The molecule has 1 aliphatic rings. The molecule has 0 bridgehead atoms. The minimum absolute atomic E-state index is 0.299. The maximum atomic E-state index is 6.24. The Labute approximate surface area is 315 Å². The zero-order valence-corrected chi connectivity index (χ0v) is 29.8. The maximum absolute atomic E-state index is 6.24. The fourth-order valence-electron chi connectivity index (χ4n) is 7.89. The van der Waals surface area contributed by atoms with E-state index in [0.29, 0.717) is 0 Å². The average Bonchev–Trinajstić information content (AvgIpc) is 3.81. The summed E-state index contributed by atoms with van der Waals surface area (Å²) in [5.41, 5.74) is 9.53. The van der Waals surface area contributed by atoms with E-state index < -0.39 is 0 Å². The zero-order chi connectivity index (χ0) is 35.6. The van der Waals surface area contributed by atoms with Crippen LogP contribution in [-0.2, 0) is 0 Å². The summed E-state index contributed by atoms with van der Waals surface area (Å²) in [4.78, 5) is 10.5. The summed E-state index contributed by atoms with van der Waals surface area (Å²) in [5, 5.41) is 10.9. The molecule has 0 saturated heterocycles. The fourth-order valence-corrected chi connectivity index (χ4v) is 9.08. The molecule has 1 atom stereocenters. The van der Waals surface area contributed by atoms with E-state index in [4.69, 9.17) is 14.4 Å². The Morgan fingerprint density at radius 1 is 0.481 bits per heavy atom. The van der Waals surface area contributed by atoms with Gasteiger partial charge in [0, 0.05) is 42.1 Å². The highest BCUT2D eigenvalue weighted by Gasteiger charge is 2.23. The Bertz CT molecular complexity index is 3150. The second kappa shape index (κ2) is 12.4. The van der Waals surface area contributed by atoms with E-state index >= 15 is 0 Å². The van der Waals surface area contributed by atoms with E-state index in [1.165, 1.54) is 42.1 Å². The molecule has 10 aromatic rings. The number of nitrogens with zero attached hydrogens (tertiary/aromatic N) is 2. The van der Waals surface area contributed by atoms with Crippen molar-refractivity contribution in [2.45, 2.75) is 6.17 Å². The molecule has 54 heavy (non-hydrogen) atoms. The second-order valence-corrected chi connectivity index (χ2v) is 14.8. The van der Waals surface area contributed by atoms with Crippen molar-refractivity contribution >= 4 is 75.9 Å². The van der Waals surface area contributed by atoms with Gasteiger partial charge in [0.25, 0.3) is 0 Å². The molecule has 1 unspecified atom stereocenters. The first-order chi connectivity index (χ1) is 26.7. The van der Waals surface area contributed by atoms with Crippen LogP contribution in [0, 0.1) is 0 Å². The van der Waals surface area contributed by atoms with E-state index in [1.54, 1.807) is 11.3 Å². The summed E-state index contributed by atoms with van der Waals surface area (Å²) in [6.07, 6.45) is -0.299. The SMILES string of the molecule is c1ccc(C2N=C(c3cccc4c3sc3ccc(-c5cccc6ccccc56)cc34)N=C(c3cccc(-c4ccc5c(c4)oc4ccccc45)c3)N2)cc1. The molecule has 4 nitrogen and oxygen atoms in total. The molecule has 0 amide bonds. The van der Waals surface area contributed by atoms with Crippen molar-refractivity contribution in [2.75, 3.05) is 0 Å². The van der Waals surface area contributed by atoms with Gasteiger partial charge in [0.2, 0.25) is 0 Å². The normalized spacial score (nSPS) is 14.5. The third-order valence-electron chi connectivity index (χ3n) is 10.5. The quantitative estimate of drug-likeness (QED) is 0.193. The van der Waals surface area contributed by atoms with Crippen LogP contribution in [0.2, 0.25) is 0 Å². The lowest BCUT2D eigenvalue weighted by molar-refractivity contribution is 0.669. The van der Waals surface area contributed by atoms with Gasteiger partial charge in [-0.15, -0.1) is 11.3 Å². The van der Waals surface area contributed by atoms with Gasteiger partial charge in [-0.05, 0) is 81.1 Å². The lowest BCUT2D eigenvalue weighted by Crippen LogP contribution is -2.33. The largest absolute Gasteiger partial charge is 0.456 e. The molecular formula is C49H31N3OS. The minimum atomic E-state index is -0.299. The molecule has 0 radical (unpaired) electrons. The minimum Gasteiger partial charge on any atom is -0.456 e. The van der Waals surface area contributed by atoms with Gasteiger partial charge in [-0.3, -0.25) is 0 Å². The highest BCUT2D eigenvalue weighted by atomic mass is 32.1. The average molecular weight is 710 g/mol. The van der Waals surface area contributed by atoms with Crippen molar-refractivity contribution in [3.8, 4) is 22.3 Å². The van der Waals surface area contributed by atoms with Crippen LogP contribution in [0.3, 0.4) is 0 Å². The topological polar surface area (TPSA) is 49.9 Å². The van der Waals surface area contributed by atoms with Gasteiger partial charge < -0.3 is 9.73 Å². The molecular weight excluding hydrogens is 679 g/mol. The number of fused-ring (bicyclic) bond motifs is 7. The molecule has 254 valence electrons. The third-order valence-corrected chi connectivity index (χ3v) is 11.8. The number of hydrogen-bond acceptors (Lipinski definition) is 5. The Kier molecular flexibility index (Phi) is 7.07. The van der Waals surface area contributed by atoms with Crippen LogP contribution >= 0.6 is 11.3 Å². The number of furan rings is 1. The molecule has 0 aliphatic carbocycles. The van der Waals surface area contributed by atoms with Gasteiger partial charge in [-0.1, -0.05) is 133 Å². The smallest absolute Gasteiger partial charge is 0.160 e. The molecule has 11 rings (SSSR count). The first-order valence-electron chi connectivity index (χ1n) is 18.2. The molecule has 1 aliphatic heterocycles. The van der Waals surface area contributed by atoms with Crippen molar-refractivity contribution in [1.82, 2.24) is 5.32 Å². The van der Waals surface area contributed by atoms with E-state index in [-0.39, 0.29) is 6.17 Å². The molecule has 0 spiro atoms. The zero-order valence-electron chi connectivity index (χ0n) is 29.0. The van der Waals surface area contributed by atoms with Crippen molar-refractivity contribution in [1.29, 1.82) is 0 Å². The monoisotopic (exact) mass is 709 g/mol. The first-order valence-corrected chi connectivity index (χ1v) is 19.0. The maximum Gasteiger partial charge on any atom is 0.160 e. The molecule has 3 heterocycles. The number of aliphatic imine (C=N–C) groups is 2. The van der Waals surface area contributed by atoms with Crippen LogP contribution < -0.4 is 5.32 Å². The molecule has 2 aromatic heterocycles. The summed E-state index contributed by atoms with van der Waals surface area (Å²) >= 11 is 1.81. The molecule has 0 saturated carbocycles. The Balaban J connectivity index is 1.02. The van der Waals surface area contributed by atoms with Crippen LogP contribution in [0.5, 0.6) is 0 Å². The number of rotatable bonds is 5. The number of amidine groups is 2. The van der Waals surface area contributed by atoms with E-state index in [0.717, 1.165) is 61.4 Å². The molecule has 1 N–H and O–H groups in total. The lowest BCUT2D eigenvalue weighted by Gasteiger charge is -2.24. The van der Waals surface area contributed by atoms with Gasteiger partial charge in [0.05, 0.1) is 0 Å². The number of thiophene rings is 1. The van der Waals surface area contributed by atoms with Crippen LogP contribution in [0.4, 0.5) is 0 Å². The van der Waals surface area contributed by atoms with Crippen LogP contribution in [-0.4, -0.2) is 11.7 Å². The Morgan fingerprint density at radius 2 is 1.19 bits per heavy atom. The molecule has 0 fully saturated rings. The van der Waals surface area contributed by atoms with Gasteiger partial charge in [-0.2, -0.15) is 0 Å². The number of para-hydroxylation sites is 1. The van der Waals surface area contributed by atoms with Crippen molar-refractivity contribution in [3.05, 3.63) is 193 Å². The summed E-state index contributed by atoms with van der Waals surface area (Å²) in [6, 6.07) is 62.2. The van der Waals surface area contributed by atoms with Crippen molar-refractivity contribution < 1.29 is 4.42 Å². The summed E-state index contributed by atoms with van der Waals surface area (Å²) in [6.45, 7) is 0. The molecule has 8 aromatic carbocycles. The van der Waals surface area contributed by atoms with Gasteiger partial charge in [-0.25, -0.2) is 9.98 Å². The van der Waals surface area contributed by atoms with E-state index in [9.17, 15) is 0 Å². The Morgan fingerprint density at radius 3 is 2.13 bits per heavy atom. The standard InChI is InChI=1S/C49H31N3OS/c1-2-12-31(13-3-1)47-50-48(35-16-8-15-32(27-35)33-23-25-39-38-18-6-7-22-43(38)53-44(39)29-33)52-49(51-47)41-21-10-20-40-42-28-34(24-26-45(42)54-46(40)41)37-19-9-14-30-11-4-5-17-36(30)37/h1-29,47H,(H,50,51,52). The molecule has 5 heteroatoms. The number of benzene rings is 8. The van der Waals surface area contributed by atoms with Crippen LogP contribution in [0.15, 0.2) is 190 Å². The van der Waals surface area contributed by atoms with Crippen molar-refractivity contribution in [3.63, 3.8) is 0 Å². The second-order valence-electron chi connectivity index (χ2n) is 13.8. The highest BCUT2D eigenvalue weighted by molar-refractivity contribution is 7.26.